The Balaban J connectivity index is 2.40. The molecule has 0 spiro atoms. The fraction of sp³-hybridized carbons (Fsp3) is 0.500. The van der Waals surface area contributed by atoms with Crippen LogP contribution in [-0.4, -0.2) is 46.0 Å². The maximum atomic E-state index is 12.7. The zero-order valence-corrected chi connectivity index (χ0v) is 13.1. The number of hydrogen-bond donors (Lipinski definition) is 1. The van der Waals surface area contributed by atoms with Crippen LogP contribution < -0.4 is 10.1 Å². The van der Waals surface area contributed by atoms with Gasteiger partial charge in [0.05, 0.1) is 7.11 Å². The normalized spacial score (nSPS) is 18.0. The second-order valence-corrected chi connectivity index (χ2v) is 7.12. The van der Waals surface area contributed by atoms with E-state index in [9.17, 15) is 8.42 Å². The summed E-state index contributed by atoms with van der Waals surface area (Å²) in [5, 5.41) is 3.19. The minimum absolute atomic E-state index is 0.214. The van der Waals surface area contributed by atoms with Crippen molar-refractivity contribution in [2.24, 2.45) is 0 Å². The lowest BCUT2D eigenvalue weighted by molar-refractivity contribution is 0.393. The Hall–Kier alpha value is -0.630. The standard InChI is InChI=1S/C12H17BrN2O3S/c1-18-11-4-3-10(13)9-12(11)19(16,17)15-7-2-5-14-6-8-15/h3-4,9,14H,2,5-8H2,1H3. The van der Waals surface area contributed by atoms with E-state index >= 15 is 0 Å². The van der Waals surface area contributed by atoms with E-state index < -0.39 is 10.0 Å². The van der Waals surface area contributed by atoms with Crippen molar-refractivity contribution >= 4 is 26.0 Å². The fourth-order valence-electron chi connectivity index (χ4n) is 2.05. The molecule has 1 aliphatic heterocycles. The van der Waals surface area contributed by atoms with Gasteiger partial charge < -0.3 is 10.1 Å². The molecule has 0 aromatic heterocycles. The van der Waals surface area contributed by atoms with Crippen LogP contribution >= 0.6 is 15.9 Å². The summed E-state index contributed by atoms with van der Waals surface area (Å²) < 4.78 is 32.7. The summed E-state index contributed by atoms with van der Waals surface area (Å²) in [5.41, 5.74) is 0. The van der Waals surface area contributed by atoms with E-state index in [0.29, 0.717) is 25.4 Å². The second-order valence-electron chi connectivity index (χ2n) is 4.30. The molecular weight excluding hydrogens is 332 g/mol. The van der Waals surface area contributed by atoms with Gasteiger partial charge in [0.2, 0.25) is 10.0 Å². The number of nitrogens with one attached hydrogen (secondary N) is 1. The number of halogens is 1. The summed E-state index contributed by atoms with van der Waals surface area (Å²) in [7, 11) is -2.03. The van der Waals surface area contributed by atoms with E-state index in [1.165, 1.54) is 11.4 Å². The van der Waals surface area contributed by atoms with Crippen molar-refractivity contribution in [3.05, 3.63) is 22.7 Å². The predicted octanol–water partition coefficient (Wildman–Crippen LogP) is 1.44. The summed E-state index contributed by atoms with van der Waals surface area (Å²) in [5.74, 6) is 0.375. The highest BCUT2D eigenvalue weighted by atomic mass is 79.9. The van der Waals surface area contributed by atoms with Gasteiger partial charge in [-0.05, 0) is 31.2 Å². The number of ether oxygens (including phenoxy) is 1. The molecule has 1 N–H and O–H groups in total. The van der Waals surface area contributed by atoms with Crippen molar-refractivity contribution in [2.45, 2.75) is 11.3 Å². The first-order valence-electron chi connectivity index (χ1n) is 6.10. The Morgan fingerprint density at radius 2 is 2.11 bits per heavy atom. The average molecular weight is 349 g/mol. The molecule has 7 heteroatoms. The molecule has 0 amide bonds. The minimum Gasteiger partial charge on any atom is -0.495 e. The molecule has 5 nitrogen and oxygen atoms in total. The number of methoxy groups -OCH3 is 1. The third-order valence-corrected chi connectivity index (χ3v) is 5.46. The number of sulfonamides is 1. The highest BCUT2D eigenvalue weighted by molar-refractivity contribution is 9.10. The van der Waals surface area contributed by atoms with Crippen molar-refractivity contribution < 1.29 is 13.2 Å². The largest absolute Gasteiger partial charge is 0.495 e. The molecular formula is C12H17BrN2O3S. The Labute approximate surface area is 122 Å². The van der Waals surface area contributed by atoms with Gasteiger partial charge in [-0.15, -0.1) is 0 Å². The maximum absolute atomic E-state index is 12.7. The van der Waals surface area contributed by atoms with Gasteiger partial charge in [0.1, 0.15) is 10.6 Å². The summed E-state index contributed by atoms with van der Waals surface area (Å²) >= 11 is 3.31. The van der Waals surface area contributed by atoms with Crippen LogP contribution in [0, 0.1) is 0 Å². The fourth-order valence-corrected chi connectivity index (χ4v) is 4.23. The van der Waals surface area contributed by atoms with Crippen LogP contribution in [0.2, 0.25) is 0 Å². The number of hydrogen-bond acceptors (Lipinski definition) is 4. The van der Waals surface area contributed by atoms with E-state index in [1.807, 2.05) is 0 Å². The lowest BCUT2D eigenvalue weighted by Gasteiger charge is -2.21. The summed E-state index contributed by atoms with van der Waals surface area (Å²) in [6.07, 6.45) is 0.815. The average Bonchev–Trinajstić information content (AvgIpc) is 2.68. The Morgan fingerprint density at radius 3 is 2.84 bits per heavy atom. The van der Waals surface area contributed by atoms with E-state index in [4.69, 9.17) is 4.74 Å². The third kappa shape index (κ3) is 3.28. The zero-order chi connectivity index (χ0) is 13.9. The molecule has 2 rings (SSSR count). The van der Waals surface area contributed by atoms with E-state index in [2.05, 4.69) is 21.2 Å². The van der Waals surface area contributed by atoms with Crippen LogP contribution in [0.1, 0.15) is 6.42 Å². The van der Waals surface area contributed by atoms with Gasteiger partial charge in [-0.3, -0.25) is 0 Å². The minimum atomic E-state index is -3.51. The highest BCUT2D eigenvalue weighted by Crippen LogP contribution is 2.29. The first-order chi connectivity index (χ1) is 9.05. The van der Waals surface area contributed by atoms with E-state index in [-0.39, 0.29) is 4.90 Å². The van der Waals surface area contributed by atoms with Gasteiger partial charge in [-0.2, -0.15) is 4.31 Å². The van der Waals surface area contributed by atoms with Gasteiger partial charge in [0.15, 0.2) is 0 Å². The molecule has 1 aromatic carbocycles. The quantitative estimate of drug-likeness (QED) is 0.897. The van der Waals surface area contributed by atoms with Crippen molar-refractivity contribution in [3.8, 4) is 5.75 Å². The van der Waals surface area contributed by atoms with Crippen molar-refractivity contribution in [1.82, 2.24) is 9.62 Å². The SMILES string of the molecule is COc1ccc(Br)cc1S(=O)(=O)N1CCCNCC1. The number of benzene rings is 1. The smallest absolute Gasteiger partial charge is 0.246 e. The van der Waals surface area contributed by atoms with Crippen LogP contribution in [0.25, 0.3) is 0 Å². The second kappa shape index (κ2) is 6.21. The van der Waals surface area contributed by atoms with Gasteiger partial charge in [0.25, 0.3) is 0 Å². The molecule has 0 bridgehead atoms. The monoisotopic (exact) mass is 348 g/mol. The van der Waals surface area contributed by atoms with Crippen LogP contribution in [0.5, 0.6) is 5.75 Å². The molecule has 1 fully saturated rings. The Morgan fingerprint density at radius 1 is 1.32 bits per heavy atom. The van der Waals surface area contributed by atoms with Crippen molar-refractivity contribution in [1.29, 1.82) is 0 Å². The Kier molecular flexibility index (Phi) is 4.83. The van der Waals surface area contributed by atoms with E-state index in [1.54, 1.807) is 18.2 Å². The molecule has 106 valence electrons. The third-order valence-electron chi connectivity index (χ3n) is 3.04. The van der Waals surface area contributed by atoms with Gasteiger partial charge >= 0.3 is 0 Å². The molecule has 1 aliphatic rings. The van der Waals surface area contributed by atoms with Crippen molar-refractivity contribution in [3.63, 3.8) is 0 Å². The molecule has 1 heterocycles. The summed E-state index contributed by atoms with van der Waals surface area (Å²) in [6, 6.07) is 5.02. The first-order valence-corrected chi connectivity index (χ1v) is 8.33. The van der Waals surface area contributed by atoms with Gasteiger partial charge in [0, 0.05) is 24.1 Å². The molecule has 0 saturated carbocycles. The zero-order valence-electron chi connectivity index (χ0n) is 10.7. The summed E-state index contributed by atoms with van der Waals surface area (Å²) in [4.78, 5) is 0.214. The maximum Gasteiger partial charge on any atom is 0.246 e. The van der Waals surface area contributed by atoms with Crippen LogP contribution in [0.3, 0.4) is 0 Å². The topological polar surface area (TPSA) is 58.6 Å². The Bertz CT molecular complexity index is 540. The lowest BCUT2D eigenvalue weighted by atomic mass is 10.3. The van der Waals surface area contributed by atoms with Crippen LogP contribution in [-0.2, 0) is 10.0 Å². The highest BCUT2D eigenvalue weighted by Gasteiger charge is 2.28. The summed E-state index contributed by atoms with van der Waals surface area (Å²) in [6.45, 7) is 2.54. The first kappa shape index (κ1) is 14.8. The molecule has 0 aliphatic carbocycles. The van der Waals surface area contributed by atoms with Crippen LogP contribution in [0.15, 0.2) is 27.6 Å². The lowest BCUT2D eigenvalue weighted by Crippen LogP contribution is -2.34. The van der Waals surface area contributed by atoms with Gasteiger partial charge in [-0.1, -0.05) is 15.9 Å². The number of nitrogens with zero attached hydrogens (tertiary/aromatic N) is 1. The number of rotatable bonds is 3. The predicted molar refractivity (Wildman–Crippen MR) is 76.9 cm³/mol. The molecule has 0 radical (unpaired) electrons. The molecule has 1 saturated heterocycles. The van der Waals surface area contributed by atoms with Crippen molar-refractivity contribution in [2.75, 3.05) is 33.3 Å². The van der Waals surface area contributed by atoms with Crippen LogP contribution in [0.4, 0.5) is 0 Å². The molecule has 0 atom stereocenters. The molecule has 0 unspecified atom stereocenters. The van der Waals surface area contributed by atoms with E-state index in [0.717, 1.165) is 17.4 Å². The molecule has 19 heavy (non-hydrogen) atoms. The molecule has 1 aromatic rings. The van der Waals surface area contributed by atoms with Gasteiger partial charge in [-0.25, -0.2) is 8.42 Å².